The van der Waals surface area contributed by atoms with Crippen LogP contribution in [0.1, 0.15) is 24.8 Å². The molecular formula is C14H14BrFO2. The van der Waals surface area contributed by atoms with Crippen LogP contribution in [0.25, 0.3) is 0 Å². The first-order chi connectivity index (χ1) is 8.65. The summed E-state index contributed by atoms with van der Waals surface area (Å²) in [5.74, 6) is -0.128. The summed E-state index contributed by atoms with van der Waals surface area (Å²) < 4.78 is 19.5. The summed E-state index contributed by atoms with van der Waals surface area (Å²) in [6.07, 6.45) is 3.59. The number of fused-ring (bicyclic) bond motifs is 2. The van der Waals surface area contributed by atoms with Crippen LogP contribution in [0.4, 0.5) is 4.39 Å². The van der Waals surface area contributed by atoms with Gasteiger partial charge in [0, 0.05) is 12.3 Å². The number of rotatable bonds is 3. The van der Waals surface area contributed by atoms with Crippen LogP contribution in [-0.4, -0.2) is 18.0 Å². The fourth-order valence-electron chi connectivity index (χ4n) is 2.98. The standard InChI is InChI=1S/C14H14BrFO2/c15-14-8(2-1-3-11(14)16)6-12(17)10-7-9-4-5-13(10)18-9/h1-3,9-10,13H,4-7H2. The van der Waals surface area contributed by atoms with E-state index < -0.39 is 0 Å². The van der Waals surface area contributed by atoms with E-state index in [1.807, 2.05) is 0 Å². The van der Waals surface area contributed by atoms with E-state index in [2.05, 4.69) is 15.9 Å². The average molecular weight is 313 g/mol. The molecule has 0 saturated carbocycles. The predicted molar refractivity (Wildman–Crippen MR) is 68.8 cm³/mol. The van der Waals surface area contributed by atoms with Gasteiger partial charge in [-0.05, 0) is 46.8 Å². The second kappa shape index (κ2) is 4.74. The van der Waals surface area contributed by atoms with E-state index >= 15 is 0 Å². The lowest BCUT2D eigenvalue weighted by Crippen LogP contribution is -2.26. The third-order valence-electron chi connectivity index (χ3n) is 3.92. The first kappa shape index (κ1) is 12.3. The second-order valence-electron chi connectivity index (χ2n) is 5.07. The summed E-state index contributed by atoms with van der Waals surface area (Å²) in [7, 11) is 0. The molecule has 0 N–H and O–H groups in total. The Labute approximate surface area is 114 Å². The third kappa shape index (κ3) is 2.12. The van der Waals surface area contributed by atoms with Crippen molar-refractivity contribution < 1.29 is 13.9 Å². The molecule has 1 aromatic carbocycles. The van der Waals surface area contributed by atoms with E-state index in [0.29, 0.717) is 4.47 Å². The van der Waals surface area contributed by atoms with Crippen molar-refractivity contribution in [3.63, 3.8) is 0 Å². The first-order valence-electron chi connectivity index (χ1n) is 6.26. The van der Waals surface area contributed by atoms with Gasteiger partial charge in [0.2, 0.25) is 0 Å². The van der Waals surface area contributed by atoms with Crippen LogP contribution in [-0.2, 0) is 16.0 Å². The quantitative estimate of drug-likeness (QED) is 0.856. The second-order valence-corrected chi connectivity index (χ2v) is 5.87. The van der Waals surface area contributed by atoms with Gasteiger partial charge in [0.25, 0.3) is 0 Å². The Kier molecular flexibility index (Phi) is 3.24. The molecule has 1 aromatic rings. The fourth-order valence-corrected chi connectivity index (χ4v) is 3.38. The Balaban J connectivity index is 1.73. The zero-order valence-corrected chi connectivity index (χ0v) is 11.5. The molecule has 0 radical (unpaired) electrons. The molecule has 2 bridgehead atoms. The van der Waals surface area contributed by atoms with Crippen LogP contribution in [0.5, 0.6) is 0 Å². The van der Waals surface area contributed by atoms with Crippen molar-refractivity contribution in [1.82, 2.24) is 0 Å². The Morgan fingerprint density at radius 2 is 2.28 bits per heavy atom. The molecule has 0 aromatic heterocycles. The lowest BCUT2D eigenvalue weighted by Gasteiger charge is -2.17. The number of carbonyl (C=O) groups excluding carboxylic acids is 1. The number of halogens is 2. The van der Waals surface area contributed by atoms with Crippen molar-refractivity contribution in [3.05, 3.63) is 34.1 Å². The van der Waals surface area contributed by atoms with E-state index in [0.717, 1.165) is 24.8 Å². The summed E-state index contributed by atoms with van der Waals surface area (Å²) in [5.41, 5.74) is 0.725. The monoisotopic (exact) mass is 312 g/mol. The van der Waals surface area contributed by atoms with Crippen LogP contribution in [0.2, 0.25) is 0 Å². The molecule has 0 amide bonds. The van der Waals surface area contributed by atoms with Gasteiger partial charge in [-0.1, -0.05) is 12.1 Å². The maximum absolute atomic E-state index is 13.4. The number of ether oxygens (including phenoxy) is 1. The van der Waals surface area contributed by atoms with Gasteiger partial charge in [-0.3, -0.25) is 4.79 Å². The van der Waals surface area contributed by atoms with Gasteiger partial charge < -0.3 is 4.74 Å². The molecule has 0 aliphatic carbocycles. The molecule has 4 heteroatoms. The highest BCUT2D eigenvalue weighted by Crippen LogP contribution is 2.39. The zero-order valence-electron chi connectivity index (χ0n) is 9.86. The van der Waals surface area contributed by atoms with Crippen molar-refractivity contribution in [3.8, 4) is 0 Å². The topological polar surface area (TPSA) is 26.3 Å². The van der Waals surface area contributed by atoms with Crippen LogP contribution >= 0.6 is 15.9 Å². The van der Waals surface area contributed by atoms with Crippen LogP contribution < -0.4 is 0 Å². The number of benzene rings is 1. The van der Waals surface area contributed by atoms with E-state index in [9.17, 15) is 9.18 Å². The molecule has 2 nitrogen and oxygen atoms in total. The summed E-state index contributed by atoms with van der Waals surface area (Å²) in [6, 6.07) is 4.82. The molecule has 2 aliphatic rings. The minimum absolute atomic E-state index is 0.0129. The molecule has 96 valence electrons. The van der Waals surface area contributed by atoms with Crippen molar-refractivity contribution in [2.75, 3.05) is 0 Å². The Bertz CT molecular complexity index is 489. The van der Waals surface area contributed by atoms with Gasteiger partial charge in [-0.15, -0.1) is 0 Å². The lowest BCUT2D eigenvalue weighted by molar-refractivity contribution is -0.123. The Hall–Kier alpha value is -0.740. The molecule has 2 saturated heterocycles. The van der Waals surface area contributed by atoms with E-state index in [1.165, 1.54) is 6.07 Å². The minimum atomic E-state index is -0.315. The molecule has 3 atom stereocenters. The Morgan fingerprint density at radius 1 is 1.44 bits per heavy atom. The van der Waals surface area contributed by atoms with Gasteiger partial charge in [0.15, 0.2) is 0 Å². The Morgan fingerprint density at radius 3 is 2.94 bits per heavy atom. The molecule has 0 spiro atoms. The first-order valence-corrected chi connectivity index (χ1v) is 7.05. The van der Waals surface area contributed by atoms with Gasteiger partial charge in [-0.2, -0.15) is 0 Å². The SMILES string of the molecule is O=C(Cc1cccc(F)c1Br)C1CC2CCC1O2. The number of Topliss-reactive ketones (excluding diaryl/α,β-unsaturated/α-hetero) is 1. The molecule has 2 heterocycles. The molecule has 18 heavy (non-hydrogen) atoms. The van der Waals surface area contributed by atoms with Crippen LogP contribution in [0, 0.1) is 11.7 Å². The van der Waals surface area contributed by atoms with Crippen LogP contribution in [0.3, 0.4) is 0 Å². The van der Waals surface area contributed by atoms with Gasteiger partial charge in [0.1, 0.15) is 11.6 Å². The van der Waals surface area contributed by atoms with E-state index in [1.54, 1.807) is 12.1 Å². The zero-order chi connectivity index (χ0) is 12.7. The molecule has 3 unspecified atom stereocenters. The van der Waals surface area contributed by atoms with Crippen molar-refractivity contribution >= 4 is 21.7 Å². The van der Waals surface area contributed by atoms with E-state index in [4.69, 9.17) is 4.74 Å². The smallest absolute Gasteiger partial charge is 0.143 e. The number of hydrogen-bond donors (Lipinski definition) is 0. The largest absolute Gasteiger partial charge is 0.374 e. The summed E-state index contributed by atoms with van der Waals surface area (Å²) >= 11 is 3.20. The van der Waals surface area contributed by atoms with Gasteiger partial charge >= 0.3 is 0 Å². The molecule has 2 aliphatic heterocycles. The summed E-state index contributed by atoms with van der Waals surface area (Å²) in [4.78, 5) is 12.2. The third-order valence-corrected chi connectivity index (χ3v) is 4.80. The highest BCUT2D eigenvalue weighted by atomic mass is 79.9. The maximum Gasteiger partial charge on any atom is 0.143 e. The fraction of sp³-hybridized carbons (Fsp3) is 0.500. The van der Waals surface area contributed by atoms with Crippen molar-refractivity contribution in [2.45, 2.75) is 37.9 Å². The summed E-state index contributed by atoms with van der Waals surface area (Å²) in [5, 5.41) is 0. The number of hydrogen-bond acceptors (Lipinski definition) is 2. The van der Waals surface area contributed by atoms with Gasteiger partial charge in [-0.25, -0.2) is 4.39 Å². The van der Waals surface area contributed by atoms with Crippen molar-refractivity contribution in [1.29, 1.82) is 0 Å². The normalized spacial score (nSPS) is 29.8. The highest BCUT2D eigenvalue weighted by Gasteiger charge is 2.43. The molecular weight excluding hydrogens is 299 g/mol. The number of carbonyl (C=O) groups is 1. The predicted octanol–water partition coefficient (Wildman–Crippen LogP) is 3.27. The molecule has 3 rings (SSSR count). The minimum Gasteiger partial charge on any atom is -0.374 e. The van der Waals surface area contributed by atoms with Crippen molar-refractivity contribution in [2.24, 2.45) is 5.92 Å². The van der Waals surface area contributed by atoms with Crippen LogP contribution in [0.15, 0.2) is 22.7 Å². The average Bonchev–Trinajstić information content (AvgIpc) is 2.97. The summed E-state index contributed by atoms with van der Waals surface area (Å²) in [6.45, 7) is 0. The lowest BCUT2D eigenvalue weighted by atomic mass is 9.84. The van der Waals surface area contributed by atoms with Gasteiger partial charge in [0.05, 0.1) is 16.7 Å². The highest BCUT2D eigenvalue weighted by molar-refractivity contribution is 9.10. The number of ketones is 1. The maximum atomic E-state index is 13.4. The van der Waals surface area contributed by atoms with E-state index in [-0.39, 0.29) is 36.1 Å². The molecule has 2 fully saturated rings.